The van der Waals surface area contributed by atoms with Crippen molar-refractivity contribution < 1.29 is 23.9 Å². The third-order valence-corrected chi connectivity index (χ3v) is 5.61. The summed E-state index contributed by atoms with van der Waals surface area (Å²) in [5.41, 5.74) is 3.63. The summed E-state index contributed by atoms with van der Waals surface area (Å²) in [6.07, 6.45) is -0.0686. The number of carbonyl (C=O) groups is 3. The first-order chi connectivity index (χ1) is 17.4. The number of carbonyl (C=O) groups excluding carboxylic acids is 3. The van der Waals surface area contributed by atoms with E-state index in [0.717, 1.165) is 16.7 Å². The van der Waals surface area contributed by atoms with E-state index in [1.807, 2.05) is 80.6 Å². The molecule has 0 aromatic heterocycles. The van der Waals surface area contributed by atoms with Gasteiger partial charge in [-0.3, -0.25) is 4.79 Å². The molecule has 3 aromatic carbocycles. The van der Waals surface area contributed by atoms with Gasteiger partial charge in [0.15, 0.2) is 0 Å². The van der Waals surface area contributed by atoms with Gasteiger partial charge in [0.05, 0.1) is 7.11 Å². The molecule has 36 heavy (non-hydrogen) atoms. The highest BCUT2D eigenvalue weighted by Gasteiger charge is 2.24. The maximum absolute atomic E-state index is 13.2. The molecule has 2 N–H and O–H groups in total. The van der Waals surface area contributed by atoms with E-state index in [4.69, 9.17) is 9.47 Å². The zero-order chi connectivity index (χ0) is 25.9. The molecule has 0 heterocycles. The fourth-order valence-electron chi connectivity index (χ4n) is 3.86. The molecule has 2 amide bonds. The van der Waals surface area contributed by atoms with Gasteiger partial charge in [0.2, 0.25) is 0 Å². The Morgan fingerprint density at radius 1 is 0.833 bits per heavy atom. The van der Waals surface area contributed by atoms with E-state index in [2.05, 4.69) is 10.6 Å². The number of alkyl carbamates (subject to hydrolysis) is 1. The number of esters is 1. The maximum atomic E-state index is 13.2. The summed E-state index contributed by atoms with van der Waals surface area (Å²) < 4.78 is 10.2. The standard InChI is InChI=1S/C29H32N2O5/c1-20(2)17-26(28(33)35-3)31-27(32)25-16-10-9-15-24(25)23-14-8-7-13-22(23)18-30-29(34)36-19-21-11-5-4-6-12-21/h4-16,20,26H,17-19H2,1-3H3,(H,30,34)(H,31,32)/t26-/m0/s1. The van der Waals surface area contributed by atoms with Gasteiger partial charge in [0.25, 0.3) is 5.91 Å². The number of amides is 2. The fraction of sp³-hybridized carbons (Fsp3) is 0.276. The topological polar surface area (TPSA) is 93.7 Å². The lowest BCUT2D eigenvalue weighted by molar-refractivity contribution is -0.143. The molecule has 0 saturated heterocycles. The summed E-state index contributed by atoms with van der Waals surface area (Å²) in [7, 11) is 1.31. The lowest BCUT2D eigenvalue weighted by Gasteiger charge is -2.20. The van der Waals surface area contributed by atoms with Crippen LogP contribution < -0.4 is 10.6 Å². The third kappa shape index (κ3) is 7.43. The van der Waals surface area contributed by atoms with Crippen molar-refractivity contribution in [2.24, 2.45) is 5.92 Å². The van der Waals surface area contributed by atoms with Crippen molar-refractivity contribution in [2.75, 3.05) is 7.11 Å². The number of rotatable bonds is 10. The molecule has 0 unspecified atom stereocenters. The second-order valence-electron chi connectivity index (χ2n) is 8.80. The van der Waals surface area contributed by atoms with Crippen LogP contribution in [0.1, 0.15) is 41.8 Å². The summed E-state index contributed by atoms with van der Waals surface area (Å²) in [5, 5.41) is 5.61. The predicted octanol–water partition coefficient (Wildman–Crippen LogP) is 5.10. The summed E-state index contributed by atoms with van der Waals surface area (Å²) in [5.74, 6) is -0.655. The summed E-state index contributed by atoms with van der Waals surface area (Å²) in [6, 6.07) is 23.4. The van der Waals surface area contributed by atoms with Crippen molar-refractivity contribution in [3.63, 3.8) is 0 Å². The van der Waals surface area contributed by atoms with Gasteiger partial charge in [-0.05, 0) is 40.7 Å². The molecule has 3 aromatic rings. The van der Waals surface area contributed by atoms with Crippen LogP contribution in [0.3, 0.4) is 0 Å². The first-order valence-corrected chi connectivity index (χ1v) is 11.9. The fourth-order valence-corrected chi connectivity index (χ4v) is 3.86. The Morgan fingerprint density at radius 3 is 2.17 bits per heavy atom. The van der Waals surface area contributed by atoms with Crippen molar-refractivity contribution in [2.45, 2.75) is 39.5 Å². The Morgan fingerprint density at radius 2 is 1.47 bits per heavy atom. The number of ether oxygens (including phenoxy) is 2. The summed E-state index contributed by atoms with van der Waals surface area (Å²) in [6.45, 7) is 4.35. The van der Waals surface area contributed by atoms with Crippen LogP contribution in [-0.2, 0) is 27.4 Å². The van der Waals surface area contributed by atoms with E-state index >= 15 is 0 Å². The molecule has 0 spiro atoms. The van der Waals surface area contributed by atoms with Gasteiger partial charge in [0.1, 0.15) is 12.6 Å². The van der Waals surface area contributed by atoms with Gasteiger partial charge < -0.3 is 20.1 Å². The van der Waals surface area contributed by atoms with Crippen LogP contribution in [0.5, 0.6) is 0 Å². The van der Waals surface area contributed by atoms with E-state index in [9.17, 15) is 14.4 Å². The van der Waals surface area contributed by atoms with Crippen LogP contribution in [0.25, 0.3) is 11.1 Å². The van der Waals surface area contributed by atoms with Crippen molar-refractivity contribution in [1.29, 1.82) is 0 Å². The number of methoxy groups -OCH3 is 1. The molecule has 188 valence electrons. The zero-order valence-corrected chi connectivity index (χ0v) is 20.8. The monoisotopic (exact) mass is 488 g/mol. The zero-order valence-electron chi connectivity index (χ0n) is 20.8. The van der Waals surface area contributed by atoms with Gasteiger partial charge in [-0.25, -0.2) is 9.59 Å². The van der Waals surface area contributed by atoms with Gasteiger partial charge in [-0.2, -0.15) is 0 Å². The van der Waals surface area contributed by atoms with Crippen LogP contribution in [0, 0.1) is 5.92 Å². The smallest absolute Gasteiger partial charge is 0.407 e. The quantitative estimate of drug-likeness (QED) is 0.388. The van der Waals surface area contributed by atoms with Crippen molar-refractivity contribution in [3.05, 3.63) is 95.6 Å². The molecule has 0 saturated carbocycles. The molecule has 1 atom stereocenters. The van der Waals surface area contributed by atoms with E-state index in [1.165, 1.54) is 7.11 Å². The molecule has 0 aliphatic heterocycles. The van der Waals surface area contributed by atoms with Crippen LogP contribution in [0.4, 0.5) is 4.79 Å². The Balaban J connectivity index is 1.75. The first-order valence-electron chi connectivity index (χ1n) is 11.9. The van der Waals surface area contributed by atoms with Crippen LogP contribution >= 0.6 is 0 Å². The van der Waals surface area contributed by atoms with Crippen LogP contribution in [0.2, 0.25) is 0 Å². The molecule has 0 radical (unpaired) electrons. The van der Waals surface area contributed by atoms with Crippen molar-refractivity contribution in [1.82, 2.24) is 10.6 Å². The molecule has 7 heteroatoms. The summed E-state index contributed by atoms with van der Waals surface area (Å²) in [4.78, 5) is 37.7. The Hall–Kier alpha value is -4.13. The SMILES string of the molecule is COC(=O)[C@H](CC(C)C)NC(=O)c1ccccc1-c1ccccc1CNC(=O)OCc1ccccc1. The van der Waals surface area contributed by atoms with E-state index in [-0.39, 0.29) is 25.0 Å². The molecule has 0 aliphatic rings. The second kappa shape index (κ2) is 13.1. The van der Waals surface area contributed by atoms with E-state index < -0.39 is 18.1 Å². The van der Waals surface area contributed by atoms with Crippen LogP contribution in [0.15, 0.2) is 78.9 Å². The molecular weight excluding hydrogens is 456 g/mol. The maximum Gasteiger partial charge on any atom is 0.407 e. The normalized spacial score (nSPS) is 11.4. The van der Waals surface area contributed by atoms with Gasteiger partial charge in [-0.15, -0.1) is 0 Å². The molecule has 0 bridgehead atoms. The Labute approximate surface area is 211 Å². The largest absolute Gasteiger partial charge is 0.467 e. The average molecular weight is 489 g/mol. The number of hydrogen-bond acceptors (Lipinski definition) is 5. The predicted molar refractivity (Wildman–Crippen MR) is 138 cm³/mol. The van der Waals surface area contributed by atoms with Crippen molar-refractivity contribution in [3.8, 4) is 11.1 Å². The van der Waals surface area contributed by atoms with Gasteiger partial charge in [0, 0.05) is 12.1 Å². The molecule has 3 rings (SSSR count). The van der Waals surface area contributed by atoms with E-state index in [1.54, 1.807) is 12.1 Å². The van der Waals surface area contributed by atoms with Crippen LogP contribution in [-0.4, -0.2) is 31.1 Å². The molecule has 0 fully saturated rings. The van der Waals surface area contributed by atoms with Crippen molar-refractivity contribution >= 4 is 18.0 Å². The number of nitrogens with one attached hydrogen (secondary N) is 2. The highest BCUT2D eigenvalue weighted by molar-refractivity contribution is 6.02. The Kier molecular flexibility index (Phi) is 9.63. The number of hydrogen-bond donors (Lipinski definition) is 2. The second-order valence-corrected chi connectivity index (χ2v) is 8.80. The highest BCUT2D eigenvalue weighted by atomic mass is 16.5. The molecule has 0 aliphatic carbocycles. The third-order valence-electron chi connectivity index (χ3n) is 5.61. The average Bonchev–Trinajstić information content (AvgIpc) is 2.90. The number of benzene rings is 3. The molecular formula is C29H32N2O5. The minimum Gasteiger partial charge on any atom is -0.467 e. The first kappa shape index (κ1) is 26.5. The Bertz CT molecular complexity index is 1180. The lowest BCUT2D eigenvalue weighted by atomic mass is 9.94. The van der Waals surface area contributed by atoms with Gasteiger partial charge in [-0.1, -0.05) is 86.6 Å². The van der Waals surface area contributed by atoms with E-state index in [0.29, 0.717) is 17.5 Å². The highest BCUT2D eigenvalue weighted by Crippen LogP contribution is 2.27. The minimum atomic E-state index is -0.744. The molecule has 7 nitrogen and oxygen atoms in total. The van der Waals surface area contributed by atoms with Gasteiger partial charge >= 0.3 is 12.1 Å². The summed E-state index contributed by atoms with van der Waals surface area (Å²) >= 11 is 0. The lowest BCUT2D eigenvalue weighted by Crippen LogP contribution is -2.42. The minimum absolute atomic E-state index is 0.176.